The van der Waals surface area contributed by atoms with Crippen LogP contribution in [0.15, 0.2) is 36.7 Å². The zero-order chi connectivity index (χ0) is 25.8. The average Bonchev–Trinajstić information content (AvgIpc) is 3.38. The second-order valence-electron chi connectivity index (χ2n) is 7.99. The molecule has 6 atom stereocenters. The van der Waals surface area contributed by atoms with Gasteiger partial charge >= 0.3 is 13.7 Å². The number of ether oxygens (including phenoxy) is 2. The van der Waals surface area contributed by atoms with Gasteiger partial charge in [-0.15, -0.1) is 5.10 Å². The minimum atomic E-state index is -4.21. The fraction of sp³-hybridized carbons (Fsp3) is 0.500. The van der Waals surface area contributed by atoms with Crippen LogP contribution < -0.4 is 15.3 Å². The largest absolute Gasteiger partial charge is 0.462 e. The van der Waals surface area contributed by atoms with Crippen LogP contribution in [0.4, 0.5) is 0 Å². The molecule has 14 nitrogen and oxygen atoms in total. The Balaban J connectivity index is 1.72. The third-order valence-corrected chi connectivity index (χ3v) is 6.41. The highest BCUT2D eigenvalue weighted by Crippen LogP contribution is 2.46. The SMILES string of the molecule is CC(C)OC(=O)[C@H](C)N[P@](=O)(OC[C@H]1O[C@@H](n2cnc(C(N)=O)n2)[C@H](O)[C@@H]1O)Oc1ccccc1. The van der Waals surface area contributed by atoms with E-state index in [1.54, 1.807) is 32.0 Å². The van der Waals surface area contributed by atoms with E-state index in [9.17, 15) is 24.4 Å². The number of amides is 1. The van der Waals surface area contributed by atoms with Gasteiger partial charge in [-0.3, -0.25) is 14.1 Å². The Bertz CT molecular complexity index is 1070. The molecule has 1 aromatic carbocycles. The lowest BCUT2D eigenvalue weighted by atomic mass is 10.1. The number of esters is 1. The van der Waals surface area contributed by atoms with Crippen molar-refractivity contribution in [1.29, 1.82) is 0 Å². The Kier molecular flexibility index (Phi) is 8.59. The summed E-state index contributed by atoms with van der Waals surface area (Å²) in [4.78, 5) is 27.2. The zero-order valence-electron chi connectivity index (χ0n) is 19.3. The molecule has 0 spiro atoms. The number of hydrogen-bond donors (Lipinski definition) is 4. The minimum absolute atomic E-state index is 0.195. The molecule has 35 heavy (non-hydrogen) atoms. The number of nitrogens with two attached hydrogens (primary N) is 1. The van der Waals surface area contributed by atoms with Gasteiger partial charge in [0.25, 0.3) is 5.91 Å². The van der Waals surface area contributed by atoms with Gasteiger partial charge < -0.3 is 29.9 Å². The second kappa shape index (κ2) is 11.2. The van der Waals surface area contributed by atoms with Gasteiger partial charge in [-0.1, -0.05) is 18.2 Å². The monoisotopic (exact) mass is 513 g/mol. The Morgan fingerprint density at radius 3 is 2.51 bits per heavy atom. The fourth-order valence-electron chi connectivity index (χ4n) is 3.10. The first-order valence-electron chi connectivity index (χ1n) is 10.7. The molecule has 0 unspecified atom stereocenters. The van der Waals surface area contributed by atoms with Crippen LogP contribution in [0, 0.1) is 0 Å². The van der Waals surface area contributed by atoms with E-state index in [2.05, 4.69) is 15.2 Å². The molecule has 5 N–H and O–H groups in total. The van der Waals surface area contributed by atoms with Crippen molar-refractivity contribution in [3.63, 3.8) is 0 Å². The van der Waals surface area contributed by atoms with Crippen LogP contribution in [0.2, 0.25) is 0 Å². The number of carbonyl (C=O) groups excluding carboxylic acids is 2. The number of aromatic nitrogens is 3. The number of benzene rings is 1. The molecule has 192 valence electrons. The van der Waals surface area contributed by atoms with Crippen LogP contribution in [-0.4, -0.2) is 73.9 Å². The normalized spacial score (nSPS) is 24.6. The molecular formula is C20H28N5O9P. The van der Waals surface area contributed by atoms with Gasteiger partial charge in [0.2, 0.25) is 5.82 Å². The highest BCUT2D eigenvalue weighted by atomic mass is 31.2. The third kappa shape index (κ3) is 6.84. The smallest absolute Gasteiger partial charge is 0.459 e. The second-order valence-corrected chi connectivity index (χ2v) is 9.69. The third-order valence-electron chi connectivity index (χ3n) is 4.76. The van der Waals surface area contributed by atoms with E-state index in [4.69, 9.17) is 24.3 Å². The number of carbonyl (C=O) groups is 2. The molecule has 0 saturated carbocycles. The zero-order valence-corrected chi connectivity index (χ0v) is 20.1. The molecule has 0 radical (unpaired) electrons. The maximum absolute atomic E-state index is 13.5. The number of primary amides is 1. The Labute approximate surface area is 200 Å². The lowest BCUT2D eigenvalue weighted by Crippen LogP contribution is -2.38. The predicted molar refractivity (Wildman–Crippen MR) is 119 cm³/mol. The van der Waals surface area contributed by atoms with E-state index in [1.807, 2.05) is 0 Å². The molecule has 2 heterocycles. The summed E-state index contributed by atoms with van der Waals surface area (Å²) in [6, 6.07) is 7.04. The van der Waals surface area contributed by atoms with Gasteiger partial charge in [-0.05, 0) is 32.9 Å². The number of nitrogens with zero attached hydrogens (tertiary/aromatic N) is 3. The molecule has 1 saturated heterocycles. The molecule has 15 heteroatoms. The van der Waals surface area contributed by atoms with Crippen LogP contribution in [-0.2, 0) is 23.4 Å². The highest BCUT2D eigenvalue weighted by Gasteiger charge is 2.46. The first kappa shape index (κ1) is 26.7. The molecule has 2 aromatic rings. The summed E-state index contributed by atoms with van der Waals surface area (Å²) in [5, 5.41) is 27.1. The summed E-state index contributed by atoms with van der Waals surface area (Å²) in [5.41, 5.74) is 5.13. The van der Waals surface area contributed by atoms with E-state index >= 15 is 0 Å². The maximum atomic E-state index is 13.5. The number of hydrogen-bond acceptors (Lipinski definition) is 11. The van der Waals surface area contributed by atoms with Crippen LogP contribution >= 0.6 is 7.75 Å². The summed E-state index contributed by atoms with van der Waals surface area (Å²) in [7, 11) is -4.21. The van der Waals surface area contributed by atoms with Crippen molar-refractivity contribution in [3.8, 4) is 5.75 Å². The van der Waals surface area contributed by atoms with E-state index in [1.165, 1.54) is 19.1 Å². The van der Waals surface area contributed by atoms with Gasteiger partial charge in [-0.25, -0.2) is 14.2 Å². The lowest BCUT2D eigenvalue weighted by Gasteiger charge is -2.25. The van der Waals surface area contributed by atoms with Crippen LogP contribution in [0.1, 0.15) is 37.6 Å². The summed E-state index contributed by atoms with van der Waals surface area (Å²) in [6.07, 6.45) is -4.64. The van der Waals surface area contributed by atoms with Crippen LogP contribution in [0.3, 0.4) is 0 Å². The number of aliphatic hydroxyl groups excluding tert-OH is 2. The number of rotatable bonds is 11. The lowest BCUT2D eigenvalue weighted by molar-refractivity contribution is -0.149. The van der Waals surface area contributed by atoms with Gasteiger partial charge in [0.15, 0.2) is 6.23 Å². The van der Waals surface area contributed by atoms with Crippen molar-refractivity contribution in [2.24, 2.45) is 5.73 Å². The maximum Gasteiger partial charge on any atom is 0.459 e. The quantitative estimate of drug-likeness (QED) is 0.234. The Hall–Kier alpha value is -2.87. The van der Waals surface area contributed by atoms with Gasteiger partial charge in [0.05, 0.1) is 12.7 Å². The molecule has 1 aliphatic rings. The summed E-state index contributed by atoms with van der Waals surface area (Å²) in [5.74, 6) is -1.67. The van der Waals surface area contributed by atoms with Crippen molar-refractivity contribution >= 4 is 19.6 Å². The van der Waals surface area contributed by atoms with Crippen molar-refractivity contribution in [1.82, 2.24) is 19.9 Å². The fourth-order valence-corrected chi connectivity index (χ4v) is 4.60. The molecular weight excluding hydrogens is 485 g/mol. The highest BCUT2D eigenvalue weighted by molar-refractivity contribution is 7.52. The molecule has 1 aromatic heterocycles. The molecule has 0 bridgehead atoms. The Morgan fingerprint density at radius 2 is 1.91 bits per heavy atom. The van der Waals surface area contributed by atoms with E-state index < -0.39 is 62.9 Å². The minimum Gasteiger partial charge on any atom is -0.462 e. The van der Waals surface area contributed by atoms with E-state index in [0.29, 0.717) is 0 Å². The molecule has 1 fully saturated rings. The van der Waals surface area contributed by atoms with Crippen molar-refractivity contribution in [2.45, 2.75) is 57.5 Å². The molecule has 0 aliphatic carbocycles. The predicted octanol–water partition coefficient (Wildman–Crippen LogP) is 0.130. The Morgan fingerprint density at radius 1 is 1.23 bits per heavy atom. The summed E-state index contributed by atoms with van der Waals surface area (Å²) < 4.78 is 36.3. The first-order chi connectivity index (χ1) is 16.5. The first-order valence-corrected chi connectivity index (χ1v) is 12.2. The number of aliphatic hydroxyl groups is 2. The van der Waals surface area contributed by atoms with Crippen molar-refractivity contribution in [3.05, 3.63) is 42.5 Å². The number of para-hydroxylation sites is 1. The van der Waals surface area contributed by atoms with Gasteiger partial charge in [0, 0.05) is 0 Å². The number of nitrogens with one attached hydrogen (secondary N) is 1. The van der Waals surface area contributed by atoms with Crippen LogP contribution in [0.5, 0.6) is 5.75 Å². The summed E-state index contributed by atoms with van der Waals surface area (Å²) in [6.45, 7) is 4.26. The van der Waals surface area contributed by atoms with Gasteiger partial charge in [-0.2, -0.15) is 5.09 Å². The van der Waals surface area contributed by atoms with Gasteiger partial charge in [0.1, 0.15) is 36.4 Å². The standard InChI is InChI=1S/C20H28N5O9P/c1-11(2)32-20(29)12(3)24-35(30,34-13-7-5-4-6-8-13)31-9-14-15(26)16(27)19(33-14)25-10-22-18(23-25)17(21)28/h4-8,10-12,14-16,19,26-27H,9H2,1-3H3,(H2,21,28)(H,24,30)/t12-,14+,15+,16+,19+,35-/m0/s1. The summed E-state index contributed by atoms with van der Waals surface area (Å²) >= 11 is 0. The van der Waals surface area contributed by atoms with Crippen molar-refractivity contribution < 1.29 is 42.9 Å². The molecule has 1 aliphatic heterocycles. The average molecular weight is 513 g/mol. The van der Waals surface area contributed by atoms with E-state index in [-0.39, 0.29) is 11.6 Å². The topological polar surface area (TPSA) is 197 Å². The molecule has 1 amide bonds. The van der Waals surface area contributed by atoms with Crippen molar-refractivity contribution in [2.75, 3.05) is 6.61 Å². The molecule has 3 rings (SSSR count). The van der Waals surface area contributed by atoms with Crippen LogP contribution in [0.25, 0.3) is 0 Å². The van der Waals surface area contributed by atoms with E-state index in [0.717, 1.165) is 11.0 Å².